The zero-order valence-corrected chi connectivity index (χ0v) is 22.5. The van der Waals surface area contributed by atoms with Gasteiger partial charge in [-0.2, -0.15) is 9.78 Å². The number of para-hydroxylation sites is 1. The van der Waals surface area contributed by atoms with Crippen LogP contribution in [-0.2, 0) is 0 Å². The number of aromatic nitrogens is 2. The second-order valence-corrected chi connectivity index (χ2v) is 9.01. The highest BCUT2D eigenvalue weighted by Gasteiger charge is 2.15. The van der Waals surface area contributed by atoms with Crippen molar-refractivity contribution in [1.29, 1.82) is 0 Å². The van der Waals surface area contributed by atoms with Gasteiger partial charge in [0.05, 0.1) is 36.4 Å². The van der Waals surface area contributed by atoms with Crippen molar-refractivity contribution in [1.82, 2.24) is 9.66 Å². The lowest BCUT2D eigenvalue weighted by molar-refractivity contribution is 0.0728. The second kappa shape index (κ2) is 11.8. The molecule has 0 atom stereocenters. The van der Waals surface area contributed by atoms with E-state index in [9.17, 15) is 9.59 Å². The van der Waals surface area contributed by atoms with Crippen molar-refractivity contribution in [2.45, 2.75) is 6.92 Å². The number of carbonyl (C=O) groups is 1. The molecule has 0 fully saturated rings. The predicted molar refractivity (Wildman–Crippen MR) is 155 cm³/mol. The summed E-state index contributed by atoms with van der Waals surface area (Å²) in [4.78, 5) is 30.8. The van der Waals surface area contributed by atoms with Gasteiger partial charge in [-0.15, -0.1) is 0 Å². The number of nitrogens with zero attached hydrogens (tertiary/aromatic N) is 3. The van der Waals surface area contributed by atoms with Crippen molar-refractivity contribution in [3.05, 3.63) is 117 Å². The molecule has 5 aromatic rings. The number of benzene rings is 4. The summed E-state index contributed by atoms with van der Waals surface area (Å²) in [5, 5.41) is 5.46. The molecule has 200 valence electrons. The van der Waals surface area contributed by atoms with Crippen molar-refractivity contribution in [2.24, 2.45) is 5.10 Å². The molecular weight excluding hydrogens is 530 g/mol. The third-order valence-corrected chi connectivity index (χ3v) is 6.23. The van der Waals surface area contributed by atoms with Crippen molar-refractivity contribution in [3.8, 4) is 28.6 Å². The molecule has 0 aliphatic rings. The van der Waals surface area contributed by atoms with Gasteiger partial charge in [-0.25, -0.2) is 9.78 Å². The van der Waals surface area contributed by atoms with Gasteiger partial charge in [0.25, 0.3) is 5.56 Å². The summed E-state index contributed by atoms with van der Waals surface area (Å²) in [6.45, 7) is 2.18. The Kier molecular flexibility index (Phi) is 7.89. The van der Waals surface area contributed by atoms with E-state index in [2.05, 4.69) is 5.10 Å². The lowest BCUT2D eigenvalue weighted by Crippen LogP contribution is -2.20. The fourth-order valence-corrected chi connectivity index (χ4v) is 4.11. The Labute approximate surface area is 235 Å². The number of rotatable bonds is 8. The number of ether oxygens (including phenoxy) is 3. The van der Waals surface area contributed by atoms with Gasteiger partial charge in [0.1, 0.15) is 5.75 Å². The quantitative estimate of drug-likeness (QED) is 0.129. The molecule has 0 amide bonds. The van der Waals surface area contributed by atoms with Gasteiger partial charge >= 0.3 is 5.97 Å². The van der Waals surface area contributed by atoms with Crippen molar-refractivity contribution in [3.63, 3.8) is 0 Å². The van der Waals surface area contributed by atoms with Crippen LogP contribution < -0.4 is 19.8 Å². The Morgan fingerprint density at radius 2 is 1.73 bits per heavy atom. The number of carbonyl (C=O) groups excluding carboxylic acids is 1. The minimum Gasteiger partial charge on any atom is -0.497 e. The van der Waals surface area contributed by atoms with Crippen LogP contribution in [0.25, 0.3) is 22.3 Å². The van der Waals surface area contributed by atoms with E-state index in [0.717, 1.165) is 0 Å². The molecule has 4 aromatic carbocycles. The van der Waals surface area contributed by atoms with E-state index in [1.807, 2.05) is 25.1 Å². The molecule has 0 radical (unpaired) electrons. The monoisotopic (exact) mass is 553 g/mol. The van der Waals surface area contributed by atoms with E-state index in [0.29, 0.717) is 56.5 Å². The third-order valence-electron chi connectivity index (χ3n) is 5.97. The van der Waals surface area contributed by atoms with E-state index in [4.69, 9.17) is 30.8 Å². The Morgan fingerprint density at radius 1 is 0.975 bits per heavy atom. The largest absolute Gasteiger partial charge is 0.497 e. The molecule has 8 nitrogen and oxygen atoms in total. The topological polar surface area (TPSA) is 92.0 Å². The lowest BCUT2D eigenvalue weighted by Gasteiger charge is -2.12. The van der Waals surface area contributed by atoms with Crippen molar-refractivity contribution >= 4 is 34.7 Å². The first-order valence-electron chi connectivity index (χ1n) is 12.4. The zero-order chi connectivity index (χ0) is 28.1. The summed E-state index contributed by atoms with van der Waals surface area (Å²) in [5.74, 6) is 1.12. The summed E-state index contributed by atoms with van der Waals surface area (Å²) < 4.78 is 17.8. The molecule has 0 unspecified atom stereocenters. The van der Waals surface area contributed by atoms with Crippen LogP contribution in [0.1, 0.15) is 22.8 Å². The molecule has 1 aromatic heterocycles. The smallest absolute Gasteiger partial charge is 0.343 e. The second-order valence-electron chi connectivity index (χ2n) is 8.58. The first-order chi connectivity index (χ1) is 19.5. The summed E-state index contributed by atoms with van der Waals surface area (Å²) in [7, 11) is 1.59. The summed E-state index contributed by atoms with van der Waals surface area (Å²) in [6.07, 6.45) is 1.53. The highest BCUT2D eigenvalue weighted by atomic mass is 35.5. The van der Waals surface area contributed by atoms with E-state index >= 15 is 0 Å². The van der Waals surface area contributed by atoms with Crippen LogP contribution in [0.3, 0.4) is 0 Å². The van der Waals surface area contributed by atoms with Crippen LogP contribution in [0, 0.1) is 0 Å². The number of fused-ring (bicyclic) bond motifs is 1. The summed E-state index contributed by atoms with van der Waals surface area (Å²) >= 11 is 5.91. The normalized spacial score (nSPS) is 11.1. The van der Waals surface area contributed by atoms with Crippen LogP contribution in [0.4, 0.5) is 0 Å². The van der Waals surface area contributed by atoms with Crippen LogP contribution >= 0.6 is 11.6 Å². The summed E-state index contributed by atoms with van der Waals surface area (Å²) in [6, 6.07) is 25.8. The highest BCUT2D eigenvalue weighted by Crippen LogP contribution is 2.29. The summed E-state index contributed by atoms with van der Waals surface area (Å²) in [5.41, 5.74) is 1.92. The van der Waals surface area contributed by atoms with Gasteiger partial charge in [-0.3, -0.25) is 4.79 Å². The highest BCUT2D eigenvalue weighted by molar-refractivity contribution is 6.30. The zero-order valence-electron chi connectivity index (χ0n) is 21.7. The van der Waals surface area contributed by atoms with E-state index < -0.39 is 5.97 Å². The fourth-order valence-electron chi connectivity index (χ4n) is 3.98. The predicted octanol–water partition coefficient (Wildman–Crippen LogP) is 6.23. The molecule has 40 heavy (non-hydrogen) atoms. The molecule has 5 rings (SSSR count). The van der Waals surface area contributed by atoms with Crippen LogP contribution in [0.5, 0.6) is 17.2 Å². The molecule has 0 saturated heterocycles. The lowest BCUT2D eigenvalue weighted by atomic mass is 10.2. The first-order valence-corrected chi connectivity index (χ1v) is 12.8. The average molecular weight is 554 g/mol. The molecule has 1 heterocycles. The van der Waals surface area contributed by atoms with Gasteiger partial charge in [0.2, 0.25) is 0 Å². The van der Waals surface area contributed by atoms with Gasteiger partial charge < -0.3 is 14.2 Å². The molecule has 9 heteroatoms. The van der Waals surface area contributed by atoms with Gasteiger partial charge in [-0.1, -0.05) is 23.7 Å². The Bertz CT molecular complexity index is 1760. The SMILES string of the molecule is CCOc1cc(C=Nn2c(-c3ccc(OC)cc3)nc3ccccc3c2=O)ccc1OC(=O)c1ccc(Cl)cc1. The fraction of sp³-hybridized carbons (Fsp3) is 0.0968. The molecule has 0 N–H and O–H groups in total. The maximum Gasteiger partial charge on any atom is 0.343 e. The number of methoxy groups -OCH3 is 1. The van der Waals surface area contributed by atoms with E-state index in [1.165, 1.54) is 10.9 Å². The van der Waals surface area contributed by atoms with E-state index in [1.54, 1.807) is 79.9 Å². The average Bonchev–Trinajstić information content (AvgIpc) is 2.98. The third kappa shape index (κ3) is 5.72. The molecule has 0 aliphatic heterocycles. The number of hydrogen-bond donors (Lipinski definition) is 0. The van der Waals surface area contributed by atoms with Crippen LogP contribution in [0.15, 0.2) is 101 Å². The van der Waals surface area contributed by atoms with Crippen molar-refractivity contribution in [2.75, 3.05) is 13.7 Å². The van der Waals surface area contributed by atoms with Gasteiger partial charge in [-0.05, 0) is 91.3 Å². The molecule has 0 saturated carbocycles. The maximum absolute atomic E-state index is 13.5. The number of hydrogen-bond acceptors (Lipinski definition) is 7. The molecule has 0 aliphatic carbocycles. The van der Waals surface area contributed by atoms with E-state index in [-0.39, 0.29) is 11.3 Å². The standard InChI is InChI=1S/C31H24ClN3O5/c1-3-39-28-18-20(8-17-27(28)40-31(37)22-9-13-23(32)14-10-22)19-33-35-29(21-11-15-24(38-2)16-12-21)34-26-7-5-4-6-25(26)30(35)36/h4-19H,3H2,1-2H3. The molecular formula is C31H24ClN3O5. The maximum atomic E-state index is 13.5. The van der Waals surface area contributed by atoms with Crippen LogP contribution in [-0.4, -0.2) is 35.6 Å². The van der Waals surface area contributed by atoms with Crippen molar-refractivity contribution < 1.29 is 19.0 Å². The minimum absolute atomic E-state index is 0.252. The first kappa shape index (κ1) is 26.6. The Balaban J connectivity index is 1.51. The minimum atomic E-state index is -0.544. The Hall–Kier alpha value is -4.95. The number of halogens is 1. The molecule has 0 spiro atoms. The van der Waals surface area contributed by atoms with Gasteiger partial charge in [0.15, 0.2) is 17.3 Å². The van der Waals surface area contributed by atoms with Crippen LogP contribution in [0.2, 0.25) is 5.02 Å². The number of esters is 1. The Morgan fingerprint density at radius 3 is 2.45 bits per heavy atom. The molecule has 0 bridgehead atoms. The van der Waals surface area contributed by atoms with Gasteiger partial charge in [0, 0.05) is 10.6 Å².